The van der Waals surface area contributed by atoms with Gasteiger partial charge in [0, 0.05) is 0 Å². The highest BCUT2D eigenvalue weighted by molar-refractivity contribution is 5.27. The minimum absolute atomic E-state index is 0.294. The molecule has 0 aliphatic heterocycles. The maximum Gasteiger partial charge on any atom is 0.119 e. The minimum Gasteiger partial charge on any atom is -0.493 e. The summed E-state index contributed by atoms with van der Waals surface area (Å²) in [5.41, 5.74) is 1.13. The lowest BCUT2D eigenvalue weighted by molar-refractivity contribution is 0.195. The Morgan fingerprint density at radius 2 is 2.07 bits per heavy atom. The monoisotopic (exact) mass is 206 g/mol. The van der Waals surface area contributed by atoms with Crippen LogP contribution in [0.3, 0.4) is 0 Å². The summed E-state index contributed by atoms with van der Waals surface area (Å²) in [6, 6.07) is 7.83. The van der Waals surface area contributed by atoms with Crippen LogP contribution in [-0.2, 0) is 6.42 Å². The first-order valence-electron chi connectivity index (χ1n) is 5.23. The van der Waals surface area contributed by atoms with E-state index in [1.54, 1.807) is 6.92 Å². The van der Waals surface area contributed by atoms with Crippen molar-refractivity contribution in [3.63, 3.8) is 0 Å². The van der Waals surface area contributed by atoms with E-state index in [-0.39, 0.29) is 6.10 Å². The van der Waals surface area contributed by atoms with Gasteiger partial charge in [0.15, 0.2) is 0 Å². The number of ether oxygens (including phenoxy) is 1. The van der Waals surface area contributed by atoms with Crippen LogP contribution in [0.15, 0.2) is 36.9 Å². The highest BCUT2D eigenvalue weighted by Crippen LogP contribution is 2.13. The predicted molar refractivity (Wildman–Crippen MR) is 62.1 cm³/mol. The van der Waals surface area contributed by atoms with Crippen LogP contribution < -0.4 is 4.74 Å². The number of rotatable bonds is 6. The first kappa shape index (κ1) is 11.8. The first-order chi connectivity index (χ1) is 7.22. The van der Waals surface area contributed by atoms with Gasteiger partial charge in [-0.3, -0.25) is 0 Å². The summed E-state index contributed by atoms with van der Waals surface area (Å²) >= 11 is 0. The molecule has 0 bridgehead atoms. The van der Waals surface area contributed by atoms with Crippen molar-refractivity contribution in [1.82, 2.24) is 0 Å². The molecule has 0 heterocycles. The molecule has 82 valence electrons. The summed E-state index contributed by atoms with van der Waals surface area (Å²) in [4.78, 5) is 0. The summed E-state index contributed by atoms with van der Waals surface area (Å²) in [5.74, 6) is 0.867. The van der Waals surface area contributed by atoms with Crippen molar-refractivity contribution < 1.29 is 9.84 Å². The van der Waals surface area contributed by atoms with Crippen LogP contribution in [-0.4, -0.2) is 17.8 Å². The van der Waals surface area contributed by atoms with Gasteiger partial charge in [-0.2, -0.15) is 0 Å². The number of hydrogen-bond acceptors (Lipinski definition) is 2. The Labute approximate surface area is 91.2 Å². The SMILES string of the molecule is C=CCCOc1ccc(CC(C)O)cc1. The van der Waals surface area contributed by atoms with Crippen molar-refractivity contribution >= 4 is 0 Å². The zero-order valence-electron chi connectivity index (χ0n) is 9.15. The predicted octanol–water partition coefficient (Wildman–Crippen LogP) is 2.56. The zero-order chi connectivity index (χ0) is 11.1. The third-order valence-corrected chi connectivity index (χ3v) is 2.05. The summed E-state index contributed by atoms with van der Waals surface area (Å²) in [5, 5.41) is 9.21. The molecule has 0 aromatic heterocycles. The van der Waals surface area contributed by atoms with E-state index in [1.165, 1.54) is 0 Å². The second kappa shape index (κ2) is 6.25. The van der Waals surface area contributed by atoms with Gasteiger partial charge in [-0.25, -0.2) is 0 Å². The van der Waals surface area contributed by atoms with Gasteiger partial charge >= 0.3 is 0 Å². The van der Waals surface area contributed by atoms with Crippen molar-refractivity contribution in [2.75, 3.05) is 6.61 Å². The highest BCUT2D eigenvalue weighted by atomic mass is 16.5. The molecule has 0 aliphatic rings. The van der Waals surface area contributed by atoms with E-state index < -0.39 is 0 Å². The molecule has 0 saturated heterocycles. The molecule has 1 unspecified atom stereocenters. The minimum atomic E-state index is -0.294. The van der Waals surface area contributed by atoms with Crippen LogP contribution in [0.2, 0.25) is 0 Å². The molecule has 1 atom stereocenters. The Bertz CT molecular complexity index is 288. The highest BCUT2D eigenvalue weighted by Gasteiger charge is 1.99. The molecule has 0 radical (unpaired) electrons. The summed E-state index contributed by atoms with van der Waals surface area (Å²) in [6.07, 6.45) is 3.09. The third kappa shape index (κ3) is 4.66. The fourth-order valence-corrected chi connectivity index (χ4v) is 1.32. The van der Waals surface area contributed by atoms with Gasteiger partial charge in [0.05, 0.1) is 12.7 Å². The molecule has 2 heteroatoms. The number of aliphatic hydroxyl groups is 1. The molecule has 2 nitrogen and oxygen atoms in total. The lowest BCUT2D eigenvalue weighted by Gasteiger charge is -2.07. The number of benzene rings is 1. The first-order valence-corrected chi connectivity index (χ1v) is 5.23. The Kier molecular flexibility index (Phi) is 4.91. The van der Waals surface area contributed by atoms with Crippen LogP contribution in [0, 0.1) is 0 Å². The van der Waals surface area contributed by atoms with Gasteiger partial charge in [0.2, 0.25) is 0 Å². The molecule has 0 saturated carbocycles. The molecule has 1 aromatic carbocycles. The quantitative estimate of drug-likeness (QED) is 0.572. The molecule has 1 N–H and O–H groups in total. The van der Waals surface area contributed by atoms with E-state index >= 15 is 0 Å². The van der Waals surface area contributed by atoms with Gasteiger partial charge in [0.25, 0.3) is 0 Å². The van der Waals surface area contributed by atoms with Crippen LogP contribution in [0.5, 0.6) is 5.75 Å². The van der Waals surface area contributed by atoms with Gasteiger partial charge in [-0.15, -0.1) is 6.58 Å². The second-order valence-electron chi connectivity index (χ2n) is 3.62. The summed E-state index contributed by atoms with van der Waals surface area (Å²) in [6.45, 7) is 6.08. The normalized spacial score (nSPS) is 12.1. The van der Waals surface area contributed by atoms with Crippen molar-refractivity contribution in [2.24, 2.45) is 0 Å². The third-order valence-electron chi connectivity index (χ3n) is 2.05. The van der Waals surface area contributed by atoms with E-state index in [4.69, 9.17) is 4.74 Å². The van der Waals surface area contributed by atoms with Crippen LogP contribution >= 0.6 is 0 Å². The molecule has 1 aromatic rings. The molecule has 0 amide bonds. The molecular weight excluding hydrogens is 188 g/mol. The Balaban J connectivity index is 2.45. The van der Waals surface area contributed by atoms with Gasteiger partial charge in [0.1, 0.15) is 5.75 Å². The van der Waals surface area contributed by atoms with E-state index in [0.29, 0.717) is 13.0 Å². The van der Waals surface area contributed by atoms with Crippen LogP contribution in [0.1, 0.15) is 18.9 Å². The van der Waals surface area contributed by atoms with Crippen molar-refractivity contribution in [3.8, 4) is 5.75 Å². The number of hydrogen-bond donors (Lipinski definition) is 1. The van der Waals surface area contributed by atoms with E-state index in [9.17, 15) is 5.11 Å². The molecule has 1 rings (SSSR count). The Morgan fingerprint density at radius 1 is 1.40 bits per heavy atom. The van der Waals surface area contributed by atoms with E-state index in [0.717, 1.165) is 17.7 Å². The molecular formula is C13H18O2. The molecule has 0 aliphatic carbocycles. The van der Waals surface area contributed by atoms with E-state index in [2.05, 4.69) is 6.58 Å². The summed E-state index contributed by atoms with van der Waals surface area (Å²) in [7, 11) is 0. The summed E-state index contributed by atoms with van der Waals surface area (Å²) < 4.78 is 5.47. The van der Waals surface area contributed by atoms with Crippen molar-refractivity contribution in [1.29, 1.82) is 0 Å². The lowest BCUT2D eigenvalue weighted by atomic mass is 10.1. The standard InChI is InChI=1S/C13H18O2/c1-3-4-9-15-13-7-5-12(6-8-13)10-11(2)14/h3,5-8,11,14H,1,4,9-10H2,2H3. The average molecular weight is 206 g/mol. The van der Waals surface area contributed by atoms with Crippen molar-refractivity contribution in [2.45, 2.75) is 25.9 Å². The molecule has 0 fully saturated rings. The fraction of sp³-hybridized carbons (Fsp3) is 0.385. The average Bonchev–Trinajstić information content (AvgIpc) is 2.20. The van der Waals surface area contributed by atoms with Crippen LogP contribution in [0.25, 0.3) is 0 Å². The fourth-order valence-electron chi connectivity index (χ4n) is 1.32. The van der Waals surface area contributed by atoms with Gasteiger partial charge in [-0.1, -0.05) is 18.2 Å². The van der Waals surface area contributed by atoms with E-state index in [1.807, 2.05) is 30.3 Å². The topological polar surface area (TPSA) is 29.5 Å². The van der Waals surface area contributed by atoms with Crippen molar-refractivity contribution in [3.05, 3.63) is 42.5 Å². The molecule has 15 heavy (non-hydrogen) atoms. The maximum atomic E-state index is 9.21. The zero-order valence-corrected chi connectivity index (χ0v) is 9.15. The van der Waals surface area contributed by atoms with Gasteiger partial charge in [-0.05, 0) is 37.5 Å². The van der Waals surface area contributed by atoms with Gasteiger partial charge < -0.3 is 9.84 Å². The largest absolute Gasteiger partial charge is 0.493 e. The number of aliphatic hydroxyl groups excluding tert-OH is 1. The maximum absolute atomic E-state index is 9.21. The Hall–Kier alpha value is -1.28. The second-order valence-corrected chi connectivity index (χ2v) is 3.62. The molecule has 0 spiro atoms. The Morgan fingerprint density at radius 3 is 2.60 bits per heavy atom. The van der Waals surface area contributed by atoms with Crippen LogP contribution in [0.4, 0.5) is 0 Å². The smallest absolute Gasteiger partial charge is 0.119 e. The lowest BCUT2D eigenvalue weighted by Crippen LogP contribution is -2.04.